The van der Waals surface area contributed by atoms with Gasteiger partial charge in [-0.3, -0.25) is 0 Å². The first kappa shape index (κ1) is 12.2. The van der Waals surface area contributed by atoms with Gasteiger partial charge in [-0.05, 0) is 13.8 Å². The van der Waals surface area contributed by atoms with Gasteiger partial charge >= 0.3 is 0 Å². The molecular weight excluding hydrogens is 238 g/mol. The molecule has 0 amide bonds. The summed E-state index contributed by atoms with van der Waals surface area (Å²) in [5.41, 5.74) is 0. The summed E-state index contributed by atoms with van der Waals surface area (Å²) >= 11 is 4.14. The molecule has 2 rings (SSSR count). The Kier molecular flexibility index (Phi) is 4.46. The molecule has 1 aromatic heterocycles. The third-order valence-corrected chi connectivity index (χ3v) is 5.44. The summed E-state index contributed by atoms with van der Waals surface area (Å²) in [4.78, 5) is 4.36. The topological polar surface area (TPSA) is 29.9 Å². The van der Waals surface area contributed by atoms with Gasteiger partial charge in [0.15, 0.2) is 0 Å². The summed E-state index contributed by atoms with van der Waals surface area (Å²) in [7, 11) is 0. The summed E-state index contributed by atoms with van der Waals surface area (Å²) in [5, 5.41) is 4.19. The molecule has 1 aliphatic rings. The maximum atomic E-state index is 4.36. The maximum absolute atomic E-state index is 4.36. The maximum Gasteiger partial charge on any atom is 0.203 e. The number of rotatable bonds is 4. The van der Waals surface area contributed by atoms with Crippen LogP contribution in [0.1, 0.15) is 19.9 Å². The molecule has 0 spiro atoms. The van der Waals surface area contributed by atoms with E-state index in [2.05, 4.69) is 52.2 Å². The average Bonchev–Trinajstić information content (AvgIpc) is 2.76. The van der Waals surface area contributed by atoms with Crippen LogP contribution in [0.4, 0.5) is 5.95 Å². The van der Waals surface area contributed by atoms with Crippen LogP contribution in [0, 0.1) is 0 Å². The fraction of sp³-hybridized carbons (Fsp3) is 0.727. The van der Waals surface area contributed by atoms with E-state index >= 15 is 0 Å². The van der Waals surface area contributed by atoms with E-state index in [1.807, 2.05) is 12.4 Å². The Hall–Kier alpha value is -0.290. The van der Waals surface area contributed by atoms with Gasteiger partial charge in [-0.2, -0.15) is 23.5 Å². The van der Waals surface area contributed by atoms with E-state index < -0.39 is 0 Å². The van der Waals surface area contributed by atoms with Crippen molar-refractivity contribution < 1.29 is 0 Å². The number of imidazole rings is 1. The van der Waals surface area contributed by atoms with E-state index in [0.29, 0.717) is 6.04 Å². The molecule has 2 heterocycles. The molecule has 1 saturated heterocycles. The highest BCUT2D eigenvalue weighted by atomic mass is 32.2. The lowest BCUT2D eigenvalue weighted by atomic mass is 10.4. The molecule has 1 atom stereocenters. The number of aromatic nitrogens is 2. The van der Waals surface area contributed by atoms with Gasteiger partial charge in [-0.15, -0.1) is 0 Å². The van der Waals surface area contributed by atoms with Crippen molar-refractivity contribution in [1.29, 1.82) is 0 Å². The summed E-state index contributed by atoms with van der Waals surface area (Å²) in [5.74, 6) is 4.86. The zero-order chi connectivity index (χ0) is 11.4. The van der Waals surface area contributed by atoms with Crippen molar-refractivity contribution in [2.45, 2.75) is 25.1 Å². The first-order valence-electron chi connectivity index (χ1n) is 5.73. The van der Waals surface area contributed by atoms with Crippen LogP contribution in [0.15, 0.2) is 12.4 Å². The van der Waals surface area contributed by atoms with Crippen molar-refractivity contribution in [1.82, 2.24) is 9.55 Å². The molecule has 0 radical (unpaired) electrons. The third kappa shape index (κ3) is 3.10. The first-order chi connectivity index (χ1) is 7.77. The Morgan fingerprint density at radius 2 is 2.44 bits per heavy atom. The van der Waals surface area contributed by atoms with Gasteiger partial charge in [0.05, 0.1) is 0 Å². The van der Waals surface area contributed by atoms with Gasteiger partial charge in [0, 0.05) is 47.5 Å². The van der Waals surface area contributed by atoms with E-state index in [1.165, 1.54) is 17.3 Å². The average molecular weight is 257 g/mol. The van der Waals surface area contributed by atoms with Crippen LogP contribution in [0.3, 0.4) is 0 Å². The van der Waals surface area contributed by atoms with E-state index in [9.17, 15) is 0 Å². The fourth-order valence-electron chi connectivity index (χ4n) is 1.73. The third-order valence-electron chi connectivity index (χ3n) is 2.60. The van der Waals surface area contributed by atoms with E-state index in [4.69, 9.17) is 0 Å². The van der Waals surface area contributed by atoms with Crippen molar-refractivity contribution in [2.24, 2.45) is 0 Å². The number of nitrogens with one attached hydrogen (secondary N) is 1. The summed E-state index contributed by atoms with van der Waals surface area (Å²) in [6, 6.07) is 0.471. The SMILES string of the molecule is CC(C)n1ccnc1NCC1CSCCS1. The second kappa shape index (κ2) is 5.87. The molecule has 16 heavy (non-hydrogen) atoms. The van der Waals surface area contributed by atoms with E-state index in [-0.39, 0.29) is 0 Å². The number of nitrogens with zero attached hydrogens (tertiary/aromatic N) is 2. The Morgan fingerprint density at radius 3 is 3.12 bits per heavy atom. The first-order valence-corrected chi connectivity index (χ1v) is 7.94. The highest BCUT2D eigenvalue weighted by Gasteiger charge is 2.15. The molecular formula is C11H19N3S2. The Labute approximate surface area is 106 Å². The van der Waals surface area contributed by atoms with Crippen molar-refractivity contribution in [3.63, 3.8) is 0 Å². The number of hydrogen-bond donors (Lipinski definition) is 1. The Bertz CT molecular complexity index is 319. The normalized spacial score (nSPS) is 21.3. The molecule has 0 aromatic carbocycles. The number of anilines is 1. The Balaban J connectivity index is 1.86. The molecule has 90 valence electrons. The smallest absolute Gasteiger partial charge is 0.203 e. The molecule has 0 saturated carbocycles. The summed E-state index contributed by atoms with van der Waals surface area (Å²) < 4.78 is 2.18. The molecule has 1 N–H and O–H groups in total. The molecule has 0 bridgehead atoms. The molecule has 1 unspecified atom stereocenters. The lowest BCUT2D eigenvalue weighted by Crippen LogP contribution is -2.24. The second-order valence-electron chi connectivity index (χ2n) is 4.20. The zero-order valence-electron chi connectivity index (χ0n) is 9.85. The van der Waals surface area contributed by atoms with Crippen LogP contribution in [0.25, 0.3) is 0 Å². The molecule has 1 aromatic rings. The monoisotopic (exact) mass is 257 g/mol. The van der Waals surface area contributed by atoms with Crippen molar-refractivity contribution in [3.8, 4) is 0 Å². The lowest BCUT2D eigenvalue weighted by Gasteiger charge is -2.22. The van der Waals surface area contributed by atoms with Crippen LogP contribution in [-0.4, -0.2) is 38.6 Å². The van der Waals surface area contributed by atoms with Crippen LogP contribution in [-0.2, 0) is 0 Å². The molecule has 3 nitrogen and oxygen atoms in total. The van der Waals surface area contributed by atoms with Gasteiger partial charge in [-0.25, -0.2) is 4.98 Å². The standard InChI is InChI=1S/C11H19N3S2/c1-9(2)14-4-3-12-11(14)13-7-10-8-15-5-6-16-10/h3-4,9-10H,5-8H2,1-2H3,(H,12,13). The molecule has 5 heteroatoms. The van der Waals surface area contributed by atoms with Gasteiger partial charge in [0.2, 0.25) is 5.95 Å². The van der Waals surface area contributed by atoms with Gasteiger partial charge in [-0.1, -0.05) is 0 Å². The zero-order valence-corrected chi connectivity index (χ0v) is 11.5. The van der Waals surface area contributed by atoms with E-state index in [0.717, 1.165) is 17.7 Å². The minimum atomic E-state index is 0.471. The second-order valence-corrected chi connectivity index (χ2v) is 6.76. The van der Waals surface area contributed by atoms with Gasteiger partial charge < -0.3 is 9.88 Å². The van der Waals surface area contributed by atoms with Crippen LogP contribution in [0.5, 0.6) is 0 Å². The van der Waals surface area contributed by atoms with Crippen molar-refractivity contribution in [3.05, 3.63) is 12.4 Å². The minimum absolute atomic E-state index is 0.471. The molecule has 1 aliphatic heterocycles. The predicted octanol–water partition coefficient (Wildman–Crippen LogP) is 2.72. The largest absolute Gasteiger partial charge is 0.355 e. The van der Waals surface area contributed by atoms with Crippen LogP contribution >= 0.6 is 23.5 Å². The number of hydrogen-bond acceptors (Lipinski definition) is 4. The quantitative estimate of drug-likeness (QED) is 0.898. The van der Waals surface area contributed by atoms with Crippen LogP contribution < -0.4 is 5.32 Å². The minimum Gasteiger partial charge on any atom is -0.355 e. The Morgan fingerprint density at radius 1 is 1.56 bits per heavy atom. The van der Waals surface area contributed by atoms with E-state index in [1.54, 1.807) is 0 Å². The number of thioether (sulfide) groups is 2. The van der Waals surface area contributed by atoms with Crippen LogP contribution in [0.2, 0.25) is 0 Å². The summed E-state index contributed by atoms with van der Waals surface area (Å²) in [6.07, 6.45) is 3.90. The van der Waals surface area contributed by atoms with Crippen molar-refractivity contribution in [2.75, 3.05) is 29.1 Å². The van der Waals surface area contributed by atoms with Crippen molar-refractivity contribution >= 4 is 29.5 Å². The highest BCUT2D eigenvalue weighted by molar-refractivity contribution is 8.06. The van der Waals surface area contributed by atoms with Gasteiger partial charge in [0.1, 0.15) is 0 Å². The predicted molar refractivity (Wildman–Crippen MR) is 74.7 cm³/mol. The summed E-state index contributed by atoms with van der Waals surface area (Å²) in [6.45, 7) is 5.39. The highest BCUT2D eigenvalue weighted by Crippen LogP contribution is 2.24. The fourth-order valence-corrected chi connectivity index (χ4v) is 4.34. The molecule has 1 fully saturated rings. The molecule has 0 aliphatic carbocycles. The lowest BCUT2D eigenvalue weighted by molar-refractivity contribution is 0.604. The van der Waals surface area contributed by atoms with Gasteiger partial charge in [0.25, 0.3) is 0 Å².